The van der Waals surface area contributed by atoms with Crippen molar-refractivity contribution in [2.45, 2.75) is 116 Å². The van der Waals surface area contributed by atoms with Crippen LogP contribution in [-0.2, 0) is 8.85 Å². The van der Waals surface area contributed by atoms with Crippen LogP contribution >= 0.6 is 0 Å². The van der Waals surface area contributed by atoms with Gasteiger partial charge in [0.1, 0.15) is 17.5 Å². The smallest absolute Gasteiger partial charge is 0.192 e. The van der Waals surface area contributed by atoms with Gasteiger partial charge in [0.15, 0.2) is 16.6 Å². The Hall–Kier alpha value is -0.966. The molecule has 0 radical (unpaired) electrons. The molecule has 0 aromatic heterocycles. The van der Waals surface area contributed by atoms with Gasteiger partial charge < -0.3 is 23.8 Å². The Morgan fingerprint density at radius 2 is 1.60 bits per heavy atom. The zero-order valence-corrected chi connectivity index (χ0v) is 26.0. The molecule has 5 nitrogen and oxygen atoms in total. The highest BCUT2D eigenvalue weighted by molar-refractivity contribution is 6.74. The highest BCUT2D eigenvalue weighted by Gasteiger charge is 2.59. The number of ether oxygens (including phenoxy) is 1. The SMILES string of the molecule is COc1cccc2c1[C@H](O)[C@]1(O)C[C@H](O[Si](C)(C)C(C)(C)C)C(C)=C(C[C@@H]2O[Si](C)(C)C)C1(C)C. The summed E-state index contributed by atoms with van der Waals surface area (Å²) in [6.45, 7) is 24.0. The van der Waals surface area contributed by atoms with Gasteiger partial charge in [0.2, 0.25) is 0 Å². The molecule has 35 heavy (non-hydrogen) atoms. The standard InChI is InChI=1S/C28H48O5Si2/c1-18-20-16-22(32-34(8,9)10)19-14-13-15-21(31-7)24(19)25(29)28(30,27(20,5)6)17-23(18)33-35(11,12)26(2,3)4/h13-15,22-23,25,29-30H,16-17H2,1-12H3/t22-,23-,25-,28+/m0/s1. The van der Waals surface area contributed by atoms with E-state index >= 15 is 0 Å². The Morgan fingerprint density at radius 1 is 1.00 bits per heavy atom. The second-order valence-electron chi connectivity index (χ2n) is 13.6. The van der Waals surface area contributed by atoms with E-state index in [9.17, 15) is 10.2 Å². The van der Waals surface area contributed by atoms with E-state index < -0.39 is 33.8 Å². The first-order valence-corrected chi connectivity index (χ1v) is 19.2. The Bertz CT molecular complexity index is 986. The highest BCUT2D eigenvalue weighted by Crippen LogP contribution is 2.59. The van der Waals surface area contributed by atoms with E-state index in [2.05, 4.69) is 74.3 Å². The van der Waals surface area contributed by atoms with Crippen molar-refractivity contribution in [1.82, 2.24) is 0 Å². The first-order chi connectivity index (χ1) is 15.8. The monoisotopic (exact) mass is 520 g/mol. The van der Waals surface area contributed by atoms with Gasteiger partial charge in [-0.3, -0.25) is 0 Å². The number of methoxy groups -OCH3 is 1. The molecule has 7 heteroatoms. The average molecular weight is 521 g/mol. The molecule has 2 N–H and O–H groups in total. The largest absolute Gasteiger partial charge is 0.496 e. The Labute approximate surface area is 215 Å². The minimum Gasteiger partial charge on any atom is -0.496 e. The second-order valence-corrected chi connectivity index (χ2v) is 22.8. The van der Waals surface area contributed by atoms with Gasteiger partial charge in [-0.05, 0) is 68.3 Å². The van der Waals surface area contributed by atoms with Crippen LogP contribution in [0.1, 0.15) is 77.7 Å². The van der Waals surface area contributed by atoms with Crippen LogP contribution in [0.15, 0.2) is 29.3 Å². The lowest BCUT2D eigenvalue weighted by Gasteiger charge is -2.56. The van der Waals surface area contributed by atoms with Crippen LogP contribution < -0.4 is 4.74 Å². The molecular weight excluding hydrogens is 472 g/mol. The maximum Gasteiger partial charge on any atom is 0.192 e. The number of rotatable bonds is 5. The summed E-state index contributed by atoms with van der Waals surface area (Å²) in [6.07, 6.45) is -0.662. The fourth-order valence-corrected chi connectivity index (χ4v) is 7.94. The molecule has 0 unspecified atom stereocenters. The number of hydrogen-bond acceptors (Lipinski definition) is 5. The van der Waals surface area contributed by atoms with E-state index in [4.69, 9.17) is 13.6 Å². The Morgan fingerprint density at radius 3 is 2.11 bits per heavy atom. The topological polar surface area (TPSA) is 68.2 Å². The molecule has 0 saturated carbocycles. The van der Waals surface area contributed by atoms with Crippen molar-refractivity contribution in [3.63, 3.8) is 0 Å². The van der Waals surface area contributed by atoms with E-state index in [1.54, 1.807) is 7.11 Å². The van der Waals surface area contributed by atoms with E-state index in [1.807, 2.05) is 18.2 Å². The van der Waals surface area contributed by atoms with Crippen LogP contribution in [-0.4, -0.2) is 45.7 Å². The summed E-state index contributed by atoms with van der Waals surface area (Å²) in [5.41, 5.74) is 1.74. The van der Waals surface area contributed by atoms with Crippen molar-refractivity contribution in [2.24, 2.45) is 5.41 Å². The minimum atomic E-state index is -2.13. The lowest BCUT2D eigenvalue weighted by Crippen LogP contribution is -2.59. The van der Waals surface area contributed by atoms with Crippen LogP contribution in [0.3, 0.4) is 0 Å². The maximum absolute atomic E-state index is 12.4. The van der Waals surface area contributed by atoms with Crippen molar-refractivity contribution in [3.05, 3.63) is 40.5 Å². The molecule has 2 bridgehead atoms. The number of benzene rings is 1. The van der Waals surface area contributed by atoms with Gasteiger partial charge in [0, 0.05) is 17.4 Å². The molecular formula is C28H48O5Si2. The molecule has 0 saturated heterocycles. The summed E-state index contributed by atoms with van der Waals surface area (Å²) in [5.74, 6) is 0.583. The van der Waals surface area contributed by atoms with E-state index in [1.165, 1.54) is 5.57 Å². The van der Waals surface area contributed by atoms with Gasteiger partial charge in [-0.2, -0.15) is 0 Å². The molecule has 0 aliphatic heterocycles. The van der Waals surface area contributed by atoms with Crippen molar-refractivity contribution < 1.29 is 23.8 Å². The molecule has 198 valence electrons. The third-order valence-electron chi connectivity index (χ3n) is 8.81. The van der Waals surface area contributed by atoms with Crippen molar-refractivity contribution in [3.8, 4) is 5.75 Å². The lowest BCUT2D eigenvalue weighted by molar-refractivity contribution is -0.165. The molecule has 2 aliphatic rings. The number of fused-ring (bicyclic) bond motifs is 3. The van der Waals surface area contributed by atoms with Gasteiger partial charge in [0.05, 0.1) is 19.3 Å². The molecule has 0 amide bonds. The van der Waals surface area contributed by atoms with Gasteiger partial charge in [-0.25, -0.2) is 0 Å². The van der Waals surface area contributed by atoms with Gasteiger partial charge in [-0.1, -0.05) is 52.3 Å². The molecule has 4 atom stereocenters. The highest BCUT2D eigenvalue weighted by atomic mass is 28.4. The Balaban J connectivity index is 2.28. The van der Waals surface area contributed by atoms with Gasteiger partial charge in [-0.15, -0.1) is 0 Å². The fraction of sp³-hybridized carbons (Fsp3) is 0.714. The van der Waals surface area contributed by atoms with Crippen LogP contribution in [0.2, 0.25) is 37.8 Å². The summed E-state index contributed by atoms with van der Waals surface area (Å²) in [6, 6.07) is 5.82. The number of hydrogen-bond donors (Lipinski definition) is 2. The molecule has 1 aromatic carbocycles. The van der Waals surface area contributed by atoms with Crippen LogP contribution in [0.5, 0.6) is 5.75 Å². The molecule has 0 heterocycles. The molecule has 3 rings (SSSR count). The summed E-state index contributed by atoms with van der Waals surface area (Å²) < 4.78 is 19.4. The van der Waals surface area contributed by atoms with E-state index in [0.29, 0.717) is 24.2 Å². The number of aliphatic hydroxyl groups excluding tert-OH is 1. The third-order valence-corrected chi connectivity index (χ3v) is 14.3. The van der Waals surface area contributed by atoms with Crippen molar-refractivity contribution in [2.75, 3.05) is 7.11 Å². The maximum atomic E-state index is 12.4. The quantitative estimate of drug-likeness (QED) is 0.327. The Kier molecular flexibility index (Phi) is 7.44. The zero-order valence-electron chi connectivity index (χ0n) is 24.0. The van der Waals surface area contributed by atoms with Crippen molar-refractivity contribution in [1.29, 1.82) is 0 Å². The first-order valence-electron chi connectivity index (χ1n) is 12.9. The molecule has 0 spiro atoms. The predicted octanol–water partition coefficient (Wildman–Crippen LogP) is 6.89. The lowest BCUT2D eigenvalue weighted by atomic mass is 9.56. The summed E-state index contributed by atoms with van der Waals surface area (Å²) >= 11 is 0. The van der Waals surface area contributed by atoms with E-state index in [-0.39, 0.29) is 17.2 Å². The average Bonchev–Trinajstić information content (AvgIpc) is 2.70. The molecule has 0 fully saturated rings. The van der Waals surface area contributed by atoms with Crippen LogP contribution in [0, 0.1) is 5.41 Å². The van der Waals surface area contributed by atoms with Gasteiger partial charge >= 0.3 is 0 Å². The van der Waals surface area contributed by atoms with Crippen molar-refractivity contribution >= 4 is 16.6 Å². The number of aliphatic hydroxyl groups is 2. The third kappa shape index (κ3) is 4.97. The summed E-state index contributed by atoms with van der Waals surface area (Å²) in [7, 11) is -2.46. The van der Waals surface area contributed by atoms with Crippen LogP contribution in [0.25, 0.3) is 0 Å². The molecule has 1 aromatic rings. The van der Waals surface area contributed by atoms with Gasteiger partial charge in [0.25, 0.3) is 0 Å². The summed E-state index contributed by atoms with van der Waals surface area (Å²) in [4.78, 5) is 0. The first kappa shape index (κ1) is 28.6. The fourth-order valence-electron chi connectivity index (χ4n) is 5.55. The van der Waals surface area contributed by atoms with E-state index in [0.717, 1.165) is 11.1 Å². The second kappa shape index (κ2) is 9.10. The zero-order chi connectivity index (χ0) is 26.8. The van der Waals surface area contributed by atoms with Crippen LogP contribution in [0.4, 0.5) is 0 Å². The normalized spacial score (nSPS) is 29.4. The summed E-state index contributed by atoms with van der Waals surface area (Å²) in [5, 5.41) is 24.5. The minimum absolute atomic E-state index is 0.0352. The predicted molar refractivity (Wildman–Crippen MR) is 148 cm³/mol. The molecule has 2 aliphatic carbocycles.